The van der Waals surface area contributed by atoms with Crippen molar-refractivity contribution in [3.63, 3.8) is 0 Å². The summed E-state index contributed by atoms with van der Waals surface area (Å²) in [6.45, 7) is 6.05. The summed E-state index contributed by atoms with van der Waals surface area (Å²) in [5.74, 6) is -0.160. The molecule has 3 rings (SSSR count). The van der Waals surface area contributed by atoms with Crippen molar-refractivity contribution in [3.8, 4) is 0 Å². The van der Waals surface area contributed by atoms with Gasteiger partial charge in [0.15, 0.2) is 0 Å². The minimum Gasteiger partial charge on any atom is -0.360 e. The van der Waals surface area contributed by atoms with Crippen LogP contribution in [0.5, 0.6) is 0 Å². The Morgan fingerprint density at radius 1 is 1.06 bits per heavy atom. The number of nitrogens with zero attached hydrogens (tertiary/aromatic N) is 1. The minimum absolute atomic E-state index is 0.0223. The van der Waals surface area contributed by atoms with Crippen LogP contribution in [0.4, 0.5) is 5.69 Å². The van der Waals surface area contributed by atoms with Crippen molar-refractivity contribution in [2.75, 3.05) is 24.5 Å². The van der Waals surface area contributed by atoms with Crippen LogP contribution >= 0.6 is 0 Å². The molecule has 1 atom stereocenters. The number of nitrogens with one attached hydrogen (secondary N) is 3. The molecular formula is C24H30N4O3. The largest absolute Gasteiger partial charge is 0.360 e. The molecule has 7 nitrogen and oxygen atoms in total. The Bertz CT molecular complexity index is 897. The van der Waals surface area contributed by atoms with Crippen LogP contribution in [-0.2, 0) is 20.9 Å². The standard InChI is InChI=1S/C24H30N4O3/c1-17(2)14-21(29)27-23(19-6-4-3-5-7-19)24(31)26-15-18-8-10-20(11-9-18)28-13-12-25-22(30)16-28/h3-11,17,23H,12-16H2,1-2H3,(H,25,30)(H,26,31)(H,27,29). The summed E-state index contributed by atoms with van der Waals surface area (Å²) in [6.07, 6.45) is 0.368. The van der Waals surface area contributed by atoms with Gasteiger partial charge >= 0.3 is 0 Å². The predicted molar refractivity (Wildman–Crippen MR) is 120 cm³/mol. The lowest BCUT2D eigenvalue weighted by Crippen LogP contribution is -2.47. The molecule has 1 saturated heterocycles. The van der Waals surface area contributed by atoms with Crippen molar-refractivity contribution < 1.29 is 14.4 Å². The molecule has 2 aromatic rings. The molecule has 0 saturated carbocycles. The minimum atomic E-state index is -0.737. The van der Waals surface area contributed by atoms with Crippen molar-refractivity contribution in [3.05, 3.63) is 65.7 Å². The molecule has 1 fully saturated rings. The summed E-state index contributed by atoms with van der Waals surface area (Å²) in [7, 11) is 0. The Hall–Kier alpha value is -3.35. The predicted octanol–water partition coefficient (Wildman–Crippen LogP) is 2.14. The quantitative estimate of drug-likeness (QED) is 0.608. The molecule has 7 heteroatoms. The van der Waals surface area contributed by atoms with Crippen molar-refractivity contribution in [2.24, 2.45) is 5.92 Å². The molecular weight excluding hydrogens is 392 g/mol. The van der Waals surface area contributed by atoms with Crippen LogP contribution in [0.3, 0.4) is 0 Å². The normalized spacial score (nSPS) is 14.7. The maximum absolute atomic E-state index is 12.9. The third-order valence-corrected chi connectivity index (χ3v) is 5.10. The zero-order chi connectivity index (χ0) is 22.2. The van der Waals surface area contributed by atoms with Crippen molar-refractivity contribution in [1.82, 2.24) is 16.0 Å². The van der Waals surface area contributed by atoms with E-state index in [4.69, 9.17) is 0 Å². The molecule has 0 radical (unpaired) electrons. The second-order valence-electron chi connectivity index (χ2n) is 8.16. The highest BCUT2D eigenvalue weighted by Gasteiger charge is 2.23. The average molecular weight is 423 g/mol. The molecule has 1 aliphatic heterocycles. The van der Waals surface area contributed by atoms with E-state index in [1.54, 1.807) is 0 Å². The first-order valence-electron chi connectivity index (χ1n) is 10.6. The second kappa shape index (κ2) is 10.6. The number of benzene rings is 2. The summed E-state index contributed by atoms with van der Waals surface area (Å²) in [5.41, 5.74) is 2.67. The molecule has 164 valence electrons. The average Bonchev–Trinajstić information content (AvgIpc) is 2.76. The van der Waals surface area contributed by atoms with Gasteiger partial charge in [-0.2, -0.15) is 0 Å². The van der Waals surface area contributed by atoms with Crippen molar-refractivity contribution in [2.45, 2.75) is 32.9 Å². The van der Waals surface area contributed by atoms with Crippen LogP contribution in [0.1, 0.15) is 37.4 Å². The van der Waals surface area contributed by atoms with Crippen LogP contribution in [0.25, 0.3) is 0 Å². The van der Waals surface area contributed by atoms with E-state index in [0.717, 1.165) is 23.4 Å². The third kappa shape index (κ3) is 6.57. The highest BCUT2D eigenvalue weighted by atomic mass is 16.2. The number of anilines is 1. The fourth-order valence-electron chi connectivity index (χ4n) is 3.51. The van der Waals surface area contributed by atoms with E-state index in [1.807, 2.05) is 73.3 Å². The zero-order valence-corrected chi connectivity index (χ0v) is 18.1. The van der Waals surface area contributed by atoms with Crippen LogP contribution in [0.15, 0.2) is 54.6 Å². The van der Waals surface area contributed by atoms with Gasteiger partial charge in [-0.25, -0.2) is 0 Å². The monoisotopic (exact) mass is 422 g/mol. The van der Waals surface area contributed by atoms with E-state index < -0.39 is 6.04 Å². The van der Waals surface area contributed by atoms with Gasteiger partial charge in [-0.3, -0.25) is 14.4 Å². The fraction of sp³-hybridized carbons (Fsp3) is 0.375. The Balaban J connectivity index is 1.62. The maximum Gasteiger partial charge on any atom is 0.247 e. The van der Waals surface area contributed by atoms with Crippen molar-refractivity contribution >= 4 is 23.4 Å². The van der Waals surface area contributed by atoms with Gasteiger partial charge in [0.05, 0.1) is 6.54 Å². The van der Waals surface area contributed by atoms with E-state index in [9.17, 15) is 14.4 Å². The third-order valence-electron chi connectivity index (χ3n) is 5.10. The van der Waals surface area contributed by atoms with E-state index in [0.29, 0.717) is 26.1 Å². The second-order valence-corrected chi connectivity index (χ2v) is 8.16. The van der Waals surface area contributed by atoms with Crippen molar-refractivity contribution in [1.29, 1.82) is 0 Å². The lowest BCUT2D eigenvalue weighted by molar-refractivity contribution is -0.129. The number of carbonyl (C=O) groups excluding carboxylic acids is 3. The first-order chi connectivity index (χ1) is 14.9. The molecule has 0 aliphatic carbocycles. The molecule has 1 unspecified atom stereocenters. The number of hydrogen-bond donors (Lipinski definition) is 3. The lowest BCUT2D eigenvalue weighted by Gasteiger charge is -2.28. The highest BCUT2D eigenvalue weighted by molar-refractivity contribution is 5.88. The van der Waals surface area contributed by atoms with Crippen LogP contribution in [0, 0.1) is 5.92 Å². The van der Waals surface area contributed by atoms with E-state index >= 15 is 0 Å². The molecule has 31 heavy (non-hydrogen) atoms. The number of amides is 3. The lowest BCUT2D eigenvalue weighted by atomic mass is 10.0. The van der Waals surface area contributed by atoms with Crippen LogP contribution in [0.2, 0.25) is 0 Å². The molecule has 2 aromatic carbocycles. The van der Waals surface area contributed by atoms with Gasteiger partial charge in [-0.05, 0) is 29.2 Å². The molecule has 0 aromatic heterocycles. The number of rotatable bonds is 8. The Kier molecular flexibility index (Phi) is 7.65. The Morgan fingerprint density at radius 2 is 1.77 bits per heavy atom. The molecule has 1 heterocycles. The van der Waals surface area contributed by atoms with Gasteiger partial charge in [0.2, 0.25) is 17.7 Å². The zero-order valence-electron chi connectivity index (χ0n) is 18.1. The number of hydrogen-bond acceptors (Lipinski definition) is 4. The van der Waals surface area contributed by atoms with Gasteiger partial charge in [0, 0.05) is 31.7 Å². The summed E-state index contributed by atoms with van der Waals surface area (Å²) in [5, 5.41) is 8.61. The van der Waals surface area contributed by atoms with Gasteiger partial charge in [-0.15, -0.1) is 0 Å². The van der Waals surface area contributed by atoms with E-state index in [1.165, 1.54) is 0 Å². The Labute approximate surface area is 183 Å². The first kappa shape index (κ1) is 22.3. The van der Waals surface area contributed by atoms with Gasteiger partial charge in [0.1, 0.15) is 6.04 Å². The maximum atomic E-state index is 12.9. The van der Waals surface area contributed by atoms with Crippen LogP contribution < -0.4 is 20.9 Å². The summed E-state index contributed by atoms with van der Waals surface area (Å²) in [6, 6.07) is 16.3. The van der Waals surface area contributed by atoms with E-state index in [-0.39, 0.29) is 23.6 Å². The Morgan fingerprint density at radius 3 is 2.42 bits per heavy atom. The number of carbonyl (C=O) groups is 3. The van der Waals surface area contributed by atoms with E-state index in [2.05, 4.69) is 16.0 Å². The fourth-order valence-corrected chi connectivity index (χ4v) is 3.51. The smallest absolute Gasteiger partial charge is 0.247 e. The first-order valence-corrected chi connectivity index (χ1v) is 10.6. The van der Waals surface area contributed by atoms with Crippen LogP contribution in [-0.4, -0.2) is 37.4 Å². The van der Waals surface area contributed by atoms with Gasteiger partial charge in [0.25, 0.3) is 0 Å². The summed E-state index contributed by atoms with van der Waals surface area (Å²) < 4.78 is 0. The topological polar surface area (TPSA) is 90.5 Å². The molecule has 0 spiro atoms. The SMILES string of the molecule is CC(C)CC(=O)NC(C(=O)NCc1ccc(N2CCNC(=O)C2)cc1)c1ccccc1. The summed E-state index contributed by atoms with van der Waals surface area (Å²) in [4.78, 5) is 38.8. The number of piperazine rings is 1. The van der Waals surface area contributed by atoms with Gasteiger partial charge < -0.3 is 20.9 Å². The molecule has 0 bridgehead atoms. The van der Waals surface area contributed by atoms with Gasteiger partial charge in [-0.1, -0.05) is 56.3 Å². The molecule has 3 N–H and O–H groups in total. The summed E-state index contributed by atoms with van der Waals surface area (Å²) >= 11 is 0. The highest BCUT2D eigenvalue weighted by Crippen LogP contribution is 2.17. The molecule has 3 amide bonds. The molecule has 1 aliphatic rings.